The first-order valence-corrected chi connectivity index (χ1v) is 7.15. The molecule has 8 heteroatoms. The zero-order valence-electron chi connectivity index (χ0n) is 11.9. The van der Waals surface area contributed by atoms with Gasteiger partial charge in [-0.2, -0.15) is 0 Å². The first-order chi connectivity index (χ1) is 10.6. The number of nitrogens with zero attached hydrogens (tertiary/aromatic N) is 3. The van der Waals surface area contributed by atoms with Crippen LogP contribution in [-0.4, -0.2) is 65.8 Å². The molecule has 8 nitrogen and oxygen atoms in total. The van der Waals surface area contributed by atoms with Crippen LogP contribution in [0.25, 0.3) is 0 Å². The summed E-state index contributed by atoms with van der Waals surface area (Å²) < 4.78 is 0. The van der Waals surface area contributed by atoms with Crippen LogP contribution >= 0.6 is 0 Å². The molecule has 0 aromatic heterocycles. The predicted octanol–water partition coefficient (Wildman–Crippen LogP) is 0.0960. The number of nitro groups is 1. The summed E-state index contributed by atoms with van der Waals surface area (Å²) in [6.07, 6.45) is 0. The van der Waals surface area contributed by atoms with Gasteiger partial charge in [-0.3, -0.25) is 29.5 Å². The topological polar surface area (TPSA) is 95.8 Å². The Morgan fingerprint density at radius 3 is 2.45 bits per heavy atom. The Kier molecular flexibility index (Phi) is 3.86. The molecule has 22 heavy (non-hydrogen) atoms. The molecule has 0 unspecified atom stereocenters. The third-order valence-corrected chi connectivity index (χ3v) is 4.01. The molecule has 0 radical (unpaired) electrons. The number of hydrogen-bond donors (Lipinski definition) is 1. The molecule has 0 aliphatic carbocycles. The average Bonchev–Trinajstić information content (AvgIpc) is 2.77. The van der Waals surface area contributed by atoms with E-state index in [1.165, 1.54) is 23.1 Å². The van der Waals surface area contributed by atoms with E-state index in [0.717, 1.165) is 26.2 Å². The van der Waals surface area contributed by atoms with E-state index in [1.807, 2.05) is 0 Å². The first kappa shape index (κ1) is 14.6. The summed E-state index contributed by atoms with van der Waals surface area (Å²) >= 11 is 0. The molecule has 116 valence electrons. The highest BCUT2D eigenvalue weighted by Gasteiger charge is 2.36. The van der Waals surface area contributed by atoms with Gasteiger partial charge in [-0.05, 0) is 6.07 Å². The number of fused-ring (bicyclic) bond motifs is 1. The summed E-state index contributed by atoms with van der Waals surface area (Å²) in [5.41, 5.74) is 0.194. The quantitative estimate of drug-likeness (QED) is 0.481. The molecule has 1 saturated heterocycles. The van der Waals surface area contributed by atoms with Gasteiger partial charge < -0.3 is 5.32 Å². The van der Waals surface area contributed by atoms with Crippen molar-refractivity contribution in [2.24, 2.45) is 0 Å². The lowest BCUT2D eigenvalue weighted by Crippen LogP contribution is -2.47. The van der Waals surface area contributed by atoms with Crippen LogP contribution in [0, 0.1) is 10.1 Å². The summed E-state index contributed by atoms with van der Waals surface area (Å²) in [6, 6.07) is 3.79. The third-order valence-electron chi connectivity index (χ3n) is 4.01. The molecule has 1 aromatic rings. The number of nitro benzene ring substituents is 1. The van der Waals surface area contributed by atoms with E-state index < -0.39 is 10.8 Å². The summed E-state index contributed by atoms with van der Waals surface area (Å²) in [5, 5.41) is 14.0. The van der Waals surface area contributed by atoms with Crippen molar-refractivity contribution < 1.29 is 14.5 Å². The molecule has 1 N–H and O–H groups in total. The van der Waals surface area contributed by atoms with Crippen LogP contribution in [-0.2, 0) is 0 Å². The van der Waals surface area contributed by atoms with Gasteiger partial charge in [0.25, 0.3) is 17.5 Å². The minimum absolute atomic E-state index is 0.125. The van der Waals surface area contributed by atoms with Crippen LogP contribution in [0.2, 0.25) is 0 Å². The summed E-state index contributed by atoms with van der Waals surface area (Å²) in [4.78, 5) is 38.1. The van der Waals surface area contributed by atoms with Gasteiger partial charge in [-0.15, -0.1) is 0 Å². The lowest BCUT2D eigenvalue weighted by molar-refractivity contribution is -0.384. The van der Waals surface area contributed by atoms with Crippen molar-refractivity contribution in [1.29, 1.82) is 0 Å². The Labute approximate surface area is 126 Å². The molecule has 0 saturated carbocycles. The second kappa shape index (κ2) is 5.82. The van der Waals surface area contributed by atoms with Gasteiger partial charge in [0.15, 0.2) is 0 Å². The number of carbonyl (C=O) groups excluding carboxylic acids is 2. The van der Waals surface area contributed by atoms with Crippen LogP contribution in [0.4, 0.5) is 5.69 Å². The SMILES string of the molecule is O=C1c2ccc([N+](=O)[O-])cc2C(=O)N1CCN1CCNCC1. The second-order valence-corrected chi connectivity index (χ2v) is 5.34. The maximum Gasteiger partial charge on any atom is 0.270 e. The van der Waals surface area contributed by atoms with Crippen molar-refractivity contribution in [3.8, 4) is 0 Å². The van der Waals surface area contributed by atoms with Crippen molar-refractivity contribution in [2.45, 2.75) is 0 Å². The number of amides is 2. The highest BCUT2D eigenvalue weighted by molar-refractivity contribution is 6.21. The van der Waals surface area contributed by atoms with Gasteiger partial charge in [0.05, 0.1) is 16.1 Å². The molecule has 2 aliphatic heterocycles. The van der Waals surface area contributed by atoms with Crippen molar-refractivity contribution in [3.63, 3.8) is 0 Å². The summed E-state index contributed by atoms with van der Waals surface area (Å²) in [6.45, 7) is 4.49. The smallest absolute Gasteiger partial charge is 0.270 e. The molecule has 0 bridgehead atoms. The highest BCUT2D eigenvalue weighted by atomic mass is 16.6. The molecule has 0 atom stereocenters. The number of nitrogens with one attached hydrogen (secondary N) is 1. The first-order valence-electron chi connectivity index (χ1n) is 7.15. The van der Waals surface area contributed by atoms with Crippen molar-refractivity contribution in [2.75, 3.05) is 39.3 Å². The van der Waals surface area contributed by atoms with Crippen molar-refractivity contribution >= 4 is 17.5 Å². The monoisotopic (exact) mass is 304 g/mol. The number of piperazine rings is 1. The van der Waals surface area contributed by atoms with Crippen molar-refractivity contribution in [3.05, 3.63) is 39.4 Å². The maximum absolute atomic E-state index is 12.3. The van der Waals surface area contributed by atoms with E-state index in [2.05, 4.69) is 10.2 Å². The molecular formula is C14H16N4O4. The van der Waals surface area contributed by atoms with E-state index in [0.29, 0.717) is 13.1 Å². The van der Waals surface area contributed by atoms with E-state index in [-0.39, 0.29) is 22.7 Å². The number of imide groups is 1. The standard InChI is InChI=1S/C14H16N4O4/c19-13-11-2-1-10(18(21)22)9-12(11)14(20)17(13)8-7-16-5-3-15-4-6-16/h1-2,9,15H,3-8H2. The zero-order valence-corrected chi connectivity index (χ0v) is 11.9. The maximum atomic E-state index is 12.3. The lowest BCUT2D eigenvalue weighted by atomic mass is 10.1. The third kappa shape index (κ3) is 2.58. The van der Waals surface area contributed by atoms with Gasteiger partial charge >= 0.3 is 0 Å². The number of rotatable bonds is 4. The number of hydrogen-bond acceptors (Lipinski definition) is 6. The van der Waals surface area contributed by atoms with E-state index >= 15 is 0 Å². The Balaban J connectivity index is 1.73. The molecule has 1 fully saturated rings. The Morgan fingerprint density at radius 1 is 1.09 bits per heavy atom. The van der Waals surface area contributed by atoms with Gasteiger partial charge in [0.2, 0.25) is 0 Å². The molecule has 1 aromatic carbocycles. The van der Waals surface area contributed by atoms with Crippen LogP contribution in [0.15, 0.2) is 18.2 Å². The summed E-state index contributed by atoms with van der Waals surface area (Å²) in [7, 11) is 0. The largest absolute Gasteiger partial charge is 0.314 e. The van der Waals surface area contributed by atoms with Crippen molar-refractivity contribution in [1.82, 2.24) is 15.1 Å². The molecule has 3 rings (SSSR count). The minimum atomic E-state index is -0.568. The fourth-order valence-electron chi connectivity index (χ4n) is 2.77. The van der Waals surface area contributed by atoms with E-state index in [9.17, 15) is 19.7 Å². The molecular weight excluding hydrogens is 288 g/mol. The Bertz CT molecular complexity index is 640. The fourth-order valence-corrected chi connectivity index (χ4v) is 2.77. The average molecular weight is 304 g/mol. The highest BCUT2D eigenvalue weighted by Crippen LogP contribution is 2.26. The van der Waals surface area contributed by atoms with Gasteiger partial charge in [-0.1, -0.05) is 0 Å². The fraction of sp³-hybridized carbons (Fsp3) is 0.429. The van der Waals surface area contributed by atoms with Crippen LogP contribution in [0.5, 0.6) is 0 Å². The Morgan fingerprint density at radius 2 is 1.77 bits per heavy atom. The minimum Gasteiger partial charge on any atom is -0.314 e. The van der Waals surface area contributed by atoms with Crippen LogP contribution in [0.3, 0.4) is 0 Å². The van der Waals surface area contributed by atoms with Gasteiger partial charge in [0, 0.05) is 51.4 Å². The Hall–Kier alpha value is -2.32. The molecule has 2 aliphatic rings. The zero-order chi connectivity index (χ0) is 15.7. The normalized spacial score (nSPS) is 18.6. The lowest BCUT2D eigenvalue weighted by Gasteiger charge is -2.28. The van der Waals surface area contributed by atoms with E-state index in [1.54, 1.807) is 0 Å². The van der Waals surface area contributed by atoms with Crippen LogP contribution < -0.4 is 5.32 Å². The molecule has 0 spiro atoms. The van der Waals surface area contributed by atoms with Crippen LogP contribution in [0.1, 0.15) is 20.7 Å². The summed E-state index contributed by atoms with van der Waals surface area (Å²) in [5.74, 6) is -0.816. The molecule has 2 heterocycles. The number of non-ortho nitro benzene ring substituents is 1. The number of benzene rings is 1. The van der Waals surface area contributed by atoms with Gasteiger partial charge in [0.1, 0.15) is 0 Å². The van der Waals surface area contributed by atoms with E-state index in [4.69, 9.17) is 0 Å². The van der Waals surface area contributed by atoms with Gasteiger partial charge in [-0.25, -0.2) is 0 Å². The molecule has 2 amide bonds. The predicted molar refractivity (Wildman–Crippen MR) is 77.8 cm³/mol. The second-order valence-electron chi connectivity index (χ2n) is 5.34. The number of carbonyl (C=O) groups is 2.